The van der Waals surface area contributed by atoms with E-state index in [1.54, 1.807) is 11.8 Å². The van der Waals surface area contributed by atoms with Gasteiger partial charge in [-0.25, -0.2) is 13.1 Å². The summed E-state index contributed by atoms with van der Waals surface area (Å²) in [5.41, 5.74) is 0. The molecular weight excluding hydrogens is 294 g/mol. The highest BCUT2D eigenvalue weighted by atomic mass is 32.2. The number of nitrogens with one attached hydrogen (secondary N) is 2. The third-order valence-corrected chi connectivity index (χ3v) is 6.77. The zero-order chi connectivity index (χ0) is 14.4. The number of hydrogen-bond donors (Lipinski definition) is 2. The molecule has 0 aromatic heterocycles. The normalized spacial score (nSPS) is 29.4. The molecule has 5 nitrogen and oxygen atoms in total. The molecule has 20 heavy (non-hydrogen) atoms. The molecule has 118 valence electrons. The van der Waals surface area contributed by atoms with E-state index in [4.69, 9.17) is 0 Å². The first-order valence-corrected chi connectivity index (χ1v) is 10.5. The number of piperazine rings is 1. The first kappa shape index (κ1) is 16.5. The minimum atomic E-state index is -3.15. The summed E-state index contributed by atoms with van der Waals surface area (Å²) in [7, 11) is -3.15. The second kappa shape index (κ2) is 7.98. The van der Waals surface area contributed by atoms with Crippen LogP contribution in [0.5, 0.6) is 0 Å². The van der Waals surface area contributed by atoms with Crippen molar-refractivity contribution in [3.63, 3.8) is 0 Å². The first-order chi connectivity index (χ1) is 9.61. The zero-order valence-corrected chi connectivity index (χ0v) is 13.9. The van der Waals surface area contributed by atoms with Gasteiger partial charge in [-0.15, -0.1) is 0 Å². The van der Waals surface area contributed by atoms with Gasteiger partial charge in [0.25, 0.3) is 0 Å². The van der Waals surface area contributed by atoms with Gasteiger partial charge in [0, 0.05) is 44.0 Å². The third kappa shape index (κ3) is 5.18. The SMILES string of the molecule is CSC1CCCCC1NS(=O)(=O)CCN1CCNCC1. The summed E-state index contributed by atoms with van der Waals surface area (Å²) in [5.74, 6) is 0.227. The maximum Gasteiger partial charge on any atom is 0.213 e. The summed E-state index contributed by atoms with van der Waals surface area (Å²) in [6, 6.07) is 0.131. The van der Waals surface area contributed by atoms with E-state index < -0.39 is 10.0 Å². The minimum Gasteiger partial charge on any atom is -0.314 e. The average molecular weight is 322 g/mol. The molecule has 0 amide bonds. The molecule has 7 heteroatoms. The molecule has 1 saturated heterocycles. The number of rotatable bonds is 6. The molecule has 2 aliphatic rings. The van der Waals surface area contributed by atoms with Crippen LogP contribution in [0.25, 0.3) is 0 Å². The Balaban J connectivity index is 1.80. The summed E-state index contributed by atoms with van der Waals surface area (Å²) in [6.07, 6.45) is 6.56. The minimum absolute atomic E-state index is 0.131. The Hall–Kier alpha value is 0.180. The fraction of sp³-hybridized carbons (Fsp3) is 1.00. The highest BCUT2D eigenvalue weighted by Crippen LogP contribution is 2.27. The topological polar surface area (TPSA) is 61.4 Å². The molecular formula is C13H27N3O2S2. The van der Waals surface area contributed by atoms with E-state index in [9.17, 15) is 8.42 Å². The van der Waals surface area contributed by atoms with Crippen LogP contribution >= 0.6 is 11.8 Å². The monoisotopic (exact) mass is 321 g/mol. The van der Waals surface area contributed by atoms with Gasteiger partial charge >= 0.3 is 0 Å². The van der Waals surface area contributed by atoms with Crippen molar-refractivity contribution in [2.75, 3.05) is 44.7 Å². The Morgan fingerprint density at radius 3 is 2.65 bits per heavy atom. The number of sulfonamides is 1. The maximum absolute atomic E-state index is 12.2. The molecule has 1 saturated carbocycles. The van der Waals surface area contributed by atoms with Gasteiger partial charge in [-0.1, -0.05) is 12.8 Å². The lowest BCUT2D eigenvalue weighted by Crippen LogP contribution is -2.48. The van der Waals surface area contributed by atoms with Crippen LogP contribution in [0.2, 0.25) is 0 Å². The first-order valence-electron chi connectivity index (χ1n) is 7.56. The van der Waals surface area contributed by atoms with Crippen LogP contribution in [-0.2, 0) is 10.0 Å². The maximum atomic E-state index is 12.2. The van der Waals surface area contributed by atoms with Crippen molar-refractivity contribution in [1.29, 1.82) is 0 Å². The van der Waals surface area contributed by atoms with Gasteiger partial charge < -0.3 is 5.32 Å². The molecule has 2 fully saturated rings. The third-order valence-electron chi connectivity index (χ3n) is 4.22. The summed E-state index contributed by atoms with van der Waals surface area (Å²) < 4.78 is 27.4. The van der Waals surface area contributed by atoms with Gasteiger partial charge in [0.15, 0.2) is 0 Å². The highest BCUT2D eigenvalue weighted by Gasteiger charge is 2.28. The van der Waals surface area contributed by atoms with E-state index in [1.807, 2.05) is 0 Å². The van der Waals surface area contributed by atoms with Gasteiger partial charge in [-0.2, -0.15) is 11.8 Å². The van der Waals surface area contributed by atoms with Gasteiger partial charge in [0.2, 0.25) is 10.0 Å². The van der Waals surface area contributed by atoms with Gasteiger partial charge in [-0.05, 0) is 19.1 Å². The quantitative estimate of drug-likeness (QED) is 0.745. The molecule has 1 aliphatic carbocycles. The Kier molecular flexibility index (Phi) is 6.61. The van der Waals surface area contributed by atoms with Crippen molar-refractivity contribution in [2.45, 2.75) is 37.0 Å². The summed E-state index contributed by atoms with van der Waals surface area (Å²) in [6.45, 7) is 4.47. The Morgan fingerprint density at radius 1 is 1.25 bits per heavy atom. The number of hydrogen-bond acceptors (Lipinski definition) is 5. The summed E-state index contributed by atoms with van der Waals surface area (Å²) in [4.78, 5) is 2.22. The van der Waals surface area contributed by atoms with Crippen molar-refractivity contribution < 1.29 is 8.42 Å². The van der Waals surface area contributed by atoms with Crippen molar-refractivity contribution >= 4 is 21.8 Å². The van der Waals surface area contributed by atoms with Gasteiger partial charge in [0.1, 0.15) is 0 Å². The molecule has 2 N–H and O–H groups in total. The molecule has 0 aromatic carbocycles. The predicted octanol–water partition coefficient (Wildman–Crippen LogP) is 0.485. The van der Waals surface area contributed by atoms with E-state index >= 15 is 0 Å². The van der Waals surface area contributed by atoms with Crippen LogP contribution in [0.4, 0.5) is 0 Å². The van der Waals surface area contributed by atoms with Crippen molar-refractivity contribution in [3.05, 3.63) is 0 Å². The second-order valence-corrected chi connectivity index (χ2v) is 8.64. The van der Waals surface area contributed by atoms with E-state index in [1.165, 1.54) is 6.42 Å². The molecule has 2 unspecified atom stereocenters. The van der Waals surface area contributed by atoms with Crippen molar-refractivity contribution in [2.24, 2.45) is 0 Å². The van der Waals surface area contributed by atoms with Crippen molar-refractivity contribution in [3.8, 4) is 0 Å². The lowest BCUT2D eigenvalue weighted by Gasteiger charge is -2.31. The predicted molar refractivity (Wildman–Crippen MR) is 85.8 cm³/mol. The Bertz CT molecular complexity index is 383. The van der Waals surface area contributed by atoms with Crippen molar-refractivity contribution in [1.82, 2.24) is 14.9 Å². The average Bonchev–Trinajstić information content (AvgIpc) is 2.47. The van der Waals surface area contributed by atoms with Crippen LogP contribution in [0.3, 0.4) is 0 Å². The molecule has 2 rings (SSSR count). The fourth-order valence-electron chi connectivity index (χ4n) is 2.99. The summed E-state index contributed by atoms with van der Waals surface area (Å²) in [5, 5.41) is 3.72. The molecule has 2 atom stereocenters. The van der Waals surface area contributed by atoms with Crippen LogP contribution in [0.1, 0.15) is 25.7 Å². The number of thioether (sulfide) groups is 1. The Morgan fingerprint density at radius 2 is 1.95 bits per heavy atom. The van der Waals surface area contributed by atoms with E-state index in [2.05, 4.69) is 21.2 Å². The largest absolute Gasteiger partial charge is 0.314 e. The van der Waals surface area contributed by atoms with E-state index in [-0.39, 0.29) is 11.8 Å². The van der Waals surface area contributed by atoms with Gasteiger partial charge in [-0.3, -0.25) is 4.90 Å². The fourth-order valence-corrected chi connectivity index (χ4v) is 5.37. The van der Waals surface area contributed by atoms with E-state index in [0.29, 0.717) is 11.8 Å². The zero-order valence-electron chi connectivity index (χ0n) is 12.3. The highest BCUT2D eigenvalue weighted by molar-refractivity contribution is 7.99. The molecule has 0 spiro atoms. The number of nitrogens with zero attached hydrogens (tertiary/aromatic N) is 1. The standard InChI is InChI=1S/C13H27N3O2S2/c1-19-13-5-3-2-4-12(13)15-20(17,18)11-10-16-8-6-14-7-9-16/h12-15H,2-11H2,1H3. The lowest BCUT2D eigenvalue weighted by molar-refractivity contribution is 0.253. The van der Waals surface area contributed by atoms with Crippen LogP contribution in [-0.4, -0.2) is 69.3 Å². The molecule has 0 bridgehead atoms. The molecule has 1 heterocycles. The molecule has 0 aromatic rings. The van der Waals surface area contributed by atoms with Crippen LogP contribution < -0.4 is 10.0 Å². The summed E-state index contributed by atoms with van der Waals surface area (Å²) >= 11 is 1.80. The smallest absolute Gasteiger partial charge is 0.213 e. The van der Waals surface area contributed by atoms with Gasteiger partial charge in [0.05, 0.1) is 5.75 Å². The van der Waals surface area contributed by atoms with E-state index in [0.717, 1.165) is 45.4 Å². The molecule has 1 aliphatic heterocycles. The lowest BCUT2D eigenvalue weighted by atomic mass is 9.96. The Labute approximate surface area is 127 Å². The molecule has 0 radical (unpaired) electrons. The van der Waals surface area contributed by atoms with Crippen LogP contribution in [0.15, 0.2) is 0 Å². The van der Waals surface area contributed by atoms with Crippen LogP contribution in [0, 0.1) is 0 Å². The second-order valence-electron chi connectivity index (χ2n) is 5.69.